The number of amides is 1. The second kappa shape index (κ2) is 10.1. The van der Waals surface area contributed by atoms with Crippen molar-refractivity contribution in [2.24, 2.45) is 0 Å². The summed E-state index contributed by atoms with van der Waals surface area (Å²) < 4.78 is 10.6. The van der Waals surface area contributed by atoms with E-state index in [0.29, 0.717) is 13.0 Å². The van der Waals surface area contributed by atoms with Crippen LogP contribution < -0.4 is 10.1 Å². The number of nitro groups is 1. The van der Waals surface area contributed by atoms with E-state index in [1.807, 2.05) is 31.2 Å². The van der Waals surface area contributed by atoms with E-state index in [1.165, 1.54) is 25.1 Å². The summed E-state index contributed by atoms with van der Waals surface area (Å²) in [6, 6.07) is 13.3. The van der Waals surface area contributed by atoms with Crippen LogP contribution in [0.1, 0.15) is 25.3 Å². The lowest BCUT2D eigenvalue weighted by atomic mass is 10.2. The minimum absolute atomic E-state index is 0.0481. The highest BCUT2D eigenvalue weighted by atomic mass is 16.6. The normalized spacial score (nSPS) is 11.4. The number of nitrogens with one attached hydrogen (secondary N) is 1. The van der Waals surface area contributed by atoms with Gasteiger partial charge in [0.25, 0.3) is 11.6 Å². The van der Waals surface area contributed by atoms with E-state index >= 15 is 0 Å². The van der Waals surface area contributed by atoms with Crippen LogP contribution in [-0.4, -0.2) is 29.5 Å². The predicted molar refractivity (Wildman–Crippen MR) is 103 cm³/mol. The van der Waals surface area contributed by atoms with E-state index in [0.717, 1.165) is 11.3 Å². The van der Waals surface area contributed by atoms with Crippen LogP contribution in [0.2, 0.25) is 0 Å². The van der Waals surface area contributed by atoms with E-state index in [1.54, 1.807) is 6.07 Å². The Morgan fingerprint density at radius 2 is 1.93 bits per heavy atom. The topological polar surface area (TPSA) is 108 Å². The van der Waals surface area contributed by atoms with Gasteiger partial charge in [-0.05, 0) is 44.0 Å². The van der Waals surface area contributed by atoms with E-state index in [2.05, 4.69) is 5.32 Å². The number of esters is 1. The van der Waals surface area contributed by atoms with E-state index in [-0.39, 0.29) is 17.8 Å². The van der Waals surface area contributed by atoms with Crippen molar-refractivity contribution in [3.8, 4) is 5.75 Å². The van der Waals surface area contributed by atoms with Crippen molar-refractivity contribution in [3.63, 3.8) is 0 Å². The molecule has 1 N–H and O–H groups in total. The molecule has 1 atom stereocenters. The van der Waals surface area contributed by atoms with Crippen LogP contribution in [0.15, 0.2) is 48.5 Å². The number of benzene rings is 2. The monoisotopic (exact) mass is 386 g/mol. The quantitative estimate of drug-likeness (QED) is 0.305. The first-order valence-corrected chi connectivity index (χ1v) is 8.80. The first-order chi connectivity index (χ1) is 13.4. The minimum atomic E-state index is -1.08. The number of carbonyl (C=O) groups excluding carboxylic acids is 2. The molecule has 0 spiro atoms. The molecule has 8 heteroatoms. The fourth-order valence-electron chi connectivity index (χ4n) is 2.39. The number of anilines is 1. The molecule has 0 bridgehead atoms. The molecule has 2 aromatic rings. The standard InChI is InChI=1S/C20H22N2O6/c1-14-7-5-8-16(13-14)27-12-6-11-19(23)28-15(2)20(24)21-17-9-3-4-10-18(17)22(25)26/h3-5,7-10,13,15H,6,11-12H2,1-2H3,(H,21,24)/t15-/m1/s1. The Bertz CT molecular complexity index is 852. The molecule has 28 heavy (non-hydrogen) atoms. The molecule has 0 unspecified atom stereocenters. The third-order valence-electron chi connectivity index (χ3n) is 3.82. The zero-order valence-corrected chi connectivity index (χ0v) is 15.7. The second-order valence-corrected chi connectivity index (χ2v) is 6.16. The van der Waals surface area contributed by atoms with Crippen molar-refractivity contribution < 1.29 is 24.0 Å². The molecule has 0 aliphatic heterocycles. The third kappa shape index (κ3) is 6.39. The zero-order chi connectivity index (χ0) is 20.5. The maximum atomic E-state index is 12.1. The van der Waals surface area contributed by atoms with Crippen molar-refractivity contribution in [1.82, 2.24) is 0 Å². The van der Waals surface area contributed by atoms with Crippen LogP contribution in [0.4, 0.5) is 11.4 Å². The number of ether oxygens (including phenoxy) is 2. The van der Waals surface area contributed by atoms with Crippen LogP contribution in [0.3, 0.4) is 0 Å². The molecule has 0 heterocycles. The number of nitrogens with zero attached hydrogens (tertiary/aromatic N) is 1. The summed E-state index contributed by atoms with van der Waals surface area (Å²) in [5.74, 6) is -0.456. The summed E-state index contributed by atoms with van der Waals surface area (Å²) in [5, 5.41) is 13.4. The van der Waals surface area contributed by atoms with Crippen LogP contribution in [-0.2, 0) is 14.3 Å². The molecule has 0 aliphatic carbocycles. The Labute approximate surface area is 162 Å². The third-order valence-corrected chi connectivity index (χ3v) is 3.82. The fraction of sp³-hybridized carbons (Fsp3) is 0.300. The van der Waals surface area contributed by atoms with Gasteiger partial charge < -0.3 is 14.8 Å². The SMILES string of the molecule is Cc1cccc(OCCCC(=O)O[C@H](C)C(=O)Nc2ccccc2[N+](=O)[O-])c1. The van der Waals surface area contributed by atoms with Crippen molar-refractivity contribution in [3.05, 3.63) is 64.2 Å². The Hall–Kier alpha value is -3.42. The van der Waals surface area contributed by atoms with Gasteiger partial charge in [-0.3, -0.25) is 19.7 Å². The van der Waals surface area contributed by atoms with E-state index in [9.17, 15) is 19.7 Å². The highest BCUT2D eigenvalue weighted by Crippen LogP contribution is 2.23. The average Bonchev–Trinajstić information content (AvgIpc) is 2.65. The van der Waals surface area contributed by atoms with Gasteiger partial charge in [0.1, 0.15) is 11.4 Å². The summed E-state index contributed by atoms with van der Waals surface area (Å²) in [6.07, 6.45) is -0.551. The van der Waals surface area contributed by atoms with Gasteiger partial charge in [0.2, 0.25) is 0 Å². The van der Waals surface area contributed by atoms with Crippen LogP contribution in [0.5, 0.6) is 5.75 Å². The largest absolute Gasteiger partial charge is 0.494 e. The zero-order valence-electron chi connectivity index (χ0n) is 15.7. The average molecular weight is 386 g/mol. The molecule has 8 nitrogen and oxygen atoms in total. The Balaban J connectivity index is 1.75. The fourth-order valence-corrected chi connectivity index (χ4v) is 2.39. The molecular weight excluding hydrogens is 364 g/mol. The Morgan fingerprint density at radius 3 is 2.64 bits per heavy atom. The molecule has 1 amide bonds. The van der Waals surface area contributed by atoms with Crippen LogP contribution in [0.25, 0.3) is 0 Å². The van der Waals surface area contributed by atoms with Gasteiger partial charge in [0, 0.05) is 12.5 Å². The molecule has 2 rings (SSSR count). The summed E-state index contributed by atoms with van der Waals surface area (Å²) in [5.41, 5.74) is 0.894. The van der Waals surface area contributed by atoms with Gasteiger partial charge in [-0.25, -0.2) is 0 Å². The lowest BCUT2D eigenvalue weighted by Gasteiger charge is -2.13. The number of carbonyl (C=O) groups is 2. The number of rotatable bonds is 9. The van der Waals surface area contributed by atoms with Gasteiger partial charge in [-0.2, -0.15) is 0 Å². The summed E-state index contributed by atoms with van der Waals surface area (Å²) in [7, 11) is 0. The first kappa shape index (κ1) is 20.9. The van der Waals surface area contributed by atoms with Crippen molar-refractivity contribution >= 4 is 23.3 Å². The maximum absolute atomic E-state index is 12.1. The molecule has 0 saturated carbocycles. The first-order valence-electron chi connectivity index (χ1n) is 8.80. The molecule has 148 valence electrons. The Morgan fingerprint density at radius 1 is 1.18 bits per heavy atom. The lowest BCUT2D eigenvalue weighted by molar-refractivity contribution is -0.383. The molecule has 0 radical (unpaired) electrons. The van der Waals surface area contributed by atoms with E-state index < -0.39 is 22.9 Å². The number of hydrogen-bond acceptors (Lipinski definition) is 6. The second-order valence-electron chi connectivity index (χ2n) is 6.16. The minimum Gasteiger partial charge on any atom is -0.494 e. The van der Waals surface area contributed by atoms with Gasteiger partial charge in [0.15, 0.2) is 6.10 Å². The summed E-state index contributed by atoms with van der Waals surface area (Å²) >= 11 is 0. The highest BCUT2D eigenvalue weighted by molar-refractivity contribution is 5.96. The van der Waals surface area contributed by atoms with Crippen LogP contribution in [0, 0.1) is 17.0 Å². The highest BCUT2D eigenvalue weighted by Gasteiger charge is 2.21. The smallest absolute Gasteiger partial charge is 0.306 e. The molecule has 2 aromatic carbocycles. The lowest BCUT2D eigenvalue weighted by Crippen LogP contribution is -2.30. The van der Waals surface area contributed by atoms with Crippen molar-refractivity contribution in [2.75, 3.05) is 11.9 Å². The van der Waals surface area contributed by atoms with Gasteiger partial charge in [-0.1, -0.05) is 24.3 Å². The molecule has 0 saturated heterocycles. The molecule has 0 aromatic heterocycles. The number of aryl methyl sites for hydroxylation is 1. The number of nitro benzene ring substituents is 1. The molecule has 0 aliphatic rings. The predicted octanol–water partition coefficient (Wildman–Crippen LogP) is 3.63. The molecular formula is C20H22N2O6. The summed E-state index contributed by atoms with van der Waals surface area (Å²) in [6.45, 7) is 3.71. The van der Waals surface area contributed by atoms with E-state index in [4.69, 9.17) is 9.47 Å². The van der Waals surface area contributed by atoms with Crippen molar-refractivity contribution in [2.45, 2.75) is 32.8 Å². The molecule has 0 fully saturated rings. The number of hydrogen-bond donors (Lipinski definition) is 1. The Kier molecular flexibility index (Phi) is 7.50. The van der Waals surface area contributed by atoms with Gasteiger partial charge >= 0.3 is 5.97 Å². The maximum Gasteiger partial charge on any atom is 0.306 e. The van der Waals surface area contributed by atoms with Crippen LogP contribution >= 0.6 is 0 Å². The van der Waals surface area contributed by atoms with Crippen molar-refractivity contribution in [1.29, 1.82) is 0 Å². The van der Waals surface area contributed by atoms with Gasteiger partial charge in [0.05, 0.1) is 11.5 Å². The van der Waals surface area contributed by atoms with Gasteiger partial charge in [-0.15, -0.1) is 0 Å². The number of para-hydroxylation sites is 2. The summed E-state index contributed by atoms with van der Waals surface area (Å²) in [4.78, 5) is 34.4.